The van der Waals surface area contributed by atoms with Crippen LogP contribution in [0.25, 0.3) is 0 Å². The van der Waals surface area contributed by atoms with Gasteiger partial charge in [-0.2, -0.15) is 8.42 Å². The van der Waals surface area contributed by atoms with Gasteiger partial charge >= 0.3 is 10.4 Å². The molecule has 0 aromatic heterocycles. The fraction of sp³-hybridized carbons (Fsp3) is 0.852. The second-order valence-electron chi connectivity index (χ2n) is 12.4. The Bertz CT molecular complexity index is 955. The number of hydrogen-bond acceptors (Lipinski definition) is 6. The summed E-state index contributed by atoms with van der Waals surface area (Å²) in [4.78, 5) is 0. The van der Waals surface area contributed by atoms with Crippen molar-refractivity contribution < 1.29 is 31.4 Å². The maximum Gasteiger partial charge on any atom is 0.445 e. The van der Waals surface area contributed by atoms with Gasteiger partial charge in [0.2, 0.25) is 0 Å². The van der Waals surface area contributed by atoms with Gasteiger partial charge < -0.3 is 18.4 Å². The number of allylic oxidation sites excluding steroid dienone is 1. The smallest absolute Gasteiger partial charge is 0.370 e. The van der Waals surface area contributed by atoms with Crippen molar-refractivity contribution in [2.24, 2.45) is 34.0 Å². The van der Waals surface area contributed by atoms with Crippen LogP contribution in [0.5, 0.6) is 0 Å². The van der Waals surface area contributed by atoms with Crippen molar-refractivity contribution >= 4 is 10.4 Å². The van der Waals surface area contributed by atoms with E-state index in [-0.39, 0.29) is 16.7 Å². The molecule has 1 N–H and O–H groups in total. The van der Waals surface area contributed by atoms with Crippen LogP contribution in [-0.4, -0.2) is 39.8 Å². The molecule has 35 heavy (non-hydrogen) atoms. The van der Waals surface area contributed by atoms with E-state index < -0.39 is 23.0 Å². The van der Waals surface area contributed by atoms with Crippen molar-refractivity contribution in [1.82, 2.24) is 0 Å². The van der Waals surface area contributed by atoms with Crippen LogP contribution in [-0.2, 0) is 28.8 Å². The van der Waals surface area contributed by atoms with Crippen LogP contribution in [0.2, 0.25) is 0 Å². The van der Waals surface area contributed by atoms with Crippen LogP contribution in [0.15, 0.2) is 23.5 Å². The van der Waals surface area contributed by atoms with Gasteiger partial charge in [0, 0.05) is 14.2 Å². The van der Waals surface area contributed by atoms with E-state index in [1.54, 1.807) is 14.2 Å². The second kappa shape index (κ2) is 9.75. The molecule has 0 unspecified atom stereocenters. The third kappa shape index (κ3) is 5.11. The van der Waals surface area contributed by atoms with Gasteiger partial charge in [-0.1, -0.05) is 34.1 Å². The molecule has 4 rings (SSSR count). The molecule has 200 valence electrons. The molecular weight excluding hydrogens is 468 g/mol. The molecule has 7 nitrogen and oxygen atoms in total. The number of fused-ring (bicyclic) bond motifs is 3. The van der Waals surface area contributed by atoms with Gasteiger partial charge in [0.15, 0.2) is 12.6 Å². The Labute approximate surface area is 211 Å². The molecule has 1 aliphatic heterocycles. The zero-order chi connectivity index (χ0) is 25.6. The van der Waals surface area contributed by atoms with Gasteiger partial charge in [0.05, 0.1) is 0 Å². The van der Waals surface area contributed by atoms with E-state index in [9.17, 15) is 13.0 Å². The molecule has 3 fully saturated rings. The molecule has 0 spiro atoms. The quantitative estimate of drug-likeness (QED) is 0.253. The highest BCUT2D eigenvalue weighted by atomic mass is 32.3. The summed E-state index contributed by atoms with van der Waals surface area (Å²) in [7, 11) is -1.30. The summed E-state index contributed by atoms with van der Waals surface area (Å²) >= 11 is 0. The van der Waals surface area contributed by atoms with Crippen molar-refractivity contribution in [2.45, 2.75) is 98.1 Å². The minimum absolute atomic E-state index is 0.0224. The van der Waals surface area contributed by atoms with E-state index in [1.807, 2.05) is 6.08 Å². The lowest BCUT2D eigenvalue weighted by molar-refractivity contribution is -0.178. The molecule has 0 radical (unpaired) electrons. The first-order valence-corrected chi connectivity index (χ1v) is 14.5. The molecular formula is C27H44O7S. The van der Waals surface area contributed by atoms with E-state index in [0.717, 1.165) is 43.3 Å². The first-order chi connectivity index (χ1) is 16.3. The highest BCUT2D eigenvalue weighted by molar-refractivity contribution is 7.81. The number of hydrogen-bond donors (Lipinski definition) is 1. The van der Waals surface area contributed by atoms with Gasteiger partial charge in [0.1, 0.15) is 6.26 Å². The second-order valence-corrected chi connectivity index (χ2v) is 13.4. The minimum Gasteiger partial charge on any atom is -0.370 e. The van der Waals surface area contributed by atoms with E-state index in [2.05, 4.69) is 27.7 Å². The van der Waals surface area contributed by atoms with Crippen LogP contribution in [0, 0.1) is 34.0 Å². The Hall–Kier alpha value is -0.930. The maximum absolute atomic E-state index is 11.4. The first-order valence-electron chi connectivity index (χ1n) is 13.1. The largest absolute Gasteiger partial charge is 0.445 e. The number of rotatable bonds is 7. The van der Waals surface area contributed by atoms with E-state index in [0.29, 0.717) is 17.3 Å². The molecule has 3 aliphatic carbocycles. The zero-order valence-corrected chi connectivity index (χ0v) is 23.0. The Balaban J connectivity index is 1.65. The SMILES string of the molecule is CO[C@H]1C=C(CC[C@H]2/C(=C/OS(=O)(=O)O)CC[C@H]3[C@]2(C)CC[C@H]2C(C)(C)CCC[C@]32C)[C@@H](OC)O1. The van der Waals surface area contributed by atoms with E-state index in [1.165, 1.54) is 31.9 Å². The van der Waals surface area contributed by atoms with Gasteiger partial charge in [-0.3, -0.25) is 4.55 Å². The molecule has 0 aromatic carbocycles. The summed E-state index contributed by atoms with van der Waals surface area (Å²) in [5.74, 6) is 1.40. The lowest BCUT2D eigenvalue weighted by Gasteiger charge is -2.66. The Morgan fingerprint density at radius 3 is 2.46 bits per heavy atom. The van der Waals surface area contributed by atoms with Gasteiger partial charge in [0.25, 0.3) is 0 Å². The Morgan fingerprint density at radius 1 is 1.06 bits per heavy atom. The predicted molar refractivity (Wildman–Crippen MR) is 133 cm³/mol. The summed E-state index contributed by atoms with van der Waals surface area (Å²) in [6.45, 7) is 9.84. The maximum atomic E-state index is 11.4. The third-order valence-corrected chi connectivity index (χ3v) is 10.5. The molecule has 0 amide bonds. The normalized spacial score (nSPS) is 42.3. The number of methoxy groups -OCH3 is 2. The summed E-state index contributed by atoms with van der Waals surface area (Å²) in [6.07, 6.45) is 12.0. The molecule has 0 saturated heterocycles. The first kappa shape index (κ1) is 27.1. The predicted octanol–water partition coefficient (Wildman–Crippen LogP) is 6.03. The molecule has 8 heteroatoms. The van der Waals surface area contributed by atoms with Crippen LogP contribution in [0.4, 0.5) is 0 Å². The van der Waals surface area contributed by atoms with Crippen molar-refractivity contribution in [3.63, 3.8) is 0 Å². The van der Waals surface area contributed by atoms with Crippen LogP contribution >= 0.6 is 0 Å². The molecule has 3 saturated carbocycles. The average molecular weight is 513 g/mol. The van der Waals surface area contributed by atoms with Crippen LogP contribution in [0.1, 0.15) is 85.5 Å². The molecule has 7 atom stereocenters. The minimum atomic E-state index is -4.54. The molecule has 0 bridgehead atoms. The van der Waals surface area contributed by atoms with Crippen LogP contribution in [0.3, 0.4) is 0 Å². The van der Waals surface area contributed by atoms with Crippen molar-refractivity contribution in [3.8, 4) is 0 Å². The lowest BCUT2D eigenvalue weighted by Crippen LogP contribution is -2.58. The van der Waals surface area contributed by atoms with Crippen molar-refractivity contribution in [1.29, 1.82) is 0 Å². The fourth-order valence-electron chi connectivity index (χ4n) is 8.80. The zero-order valence-electron chi connectivity index (χ0n) is 22.2. The van der Waals surface area contributed by atoms with Gasteiger partial charge in [-0.05, 0) is 103 Å². The third-order valence-electron chi connectivity index (χ3n) is 10.2. The highest BCUT2D eigenvalue weighted by Gasteiger charge is 2.61. The van der Waals surface area contributed by atoms with Crippen molar-refractivity contribution in [2.75, 3.05) is 14.2 Å². The molecule has 0 aromatic rings. The summed E-state index contributed by atoms with van der Waals surface area (Å²) in [6, 6.07) is 0. The Morgan fingerprint density at radius 2 is 1.80 bits per heavy atom. The fourth-order valence-corrected chi connectivity index (χ4v) is 9.04. The summed E-state index contributed by atoms with van der Waals surface area (Å²) < 4.78 is 53.6. The van der Waals surface area contributed by atoms with E-state index in [4.69, 9.17) is 18.4 Å². The summed E-state index contributed by atoms with van der Waals surface area (Å²) in [5, 5.41) is 0. The van der Waals surface area contributed by atoms with Gasteiger partial charge in [-0.15, -0.1) is 0 Å². The monoisotopic (exact) mass is 512 g/mol. The highest BCUT2D eigenvalue weighted by Crippen LogP contribution is 2.69. The Kier molecular flexibility index (Phi) is 7.55. The summed E-state index contributed by atoms with van der Waals surface area (Å²) in [5.41, 5.74) is 2.68. The average Bonchev–Trinajstić information content (AvgIpc) is 3.17. The van der Waals surface area contributed by atoms with Crippen molar-refractivity contribution in [3.05, 3.63) is 23.5 Å². The number of ether oxygens (including phenoxy) is 3. The van der Waals surface area contributed by atoms with Crippen LogP contribution < -0.4 is 0 Å². The molecule has 4 aliphatic rings. The lowest BCUT2D eigenvalue weighted by atomic mass is 9.39. The van der Waals surface area contributed by atoms with Gasteiger partial charge in [-0.25, -0.2) is 0 Å². The van der Waals surface area contributed by atoms with E-state index >= 15 is 0 Å². The molecule has 1 heterocycles. The topological polar surface area (TPSA) is 91.3 Å². The standard InChI is InChI=1S/C27H44O7S/c1-25(2)13-7-14-27(4)21(25)12-15-26(3)20(10-8-18-16-23(31-5)34-24(18)32-6)19(9-11-22(26)27)17-33-35(28,29)30/h16-17,20-24H,7-15H2,1-6H3,(H,28,29,30)/b19-17+/t20-,21-,22-,23+,24-,26+,27-/m0/s1.